The molecule has 0 bridgehead atoms. The van der Waals surface area contributed by atoms with Crippen molar-refractivity contribution in [2.24, 2.45) is 0 Å². The molecule has 7 heteroatoms. The zero-order valence-corrected chi connectivity index (χ0v) is 9.88. The normalized spacial score (nSPS) is 10.1. The van der Waals surface area contributed by atoms with E-state index in [-0.39, 0.29) is 5.82 Å². The van der Waals surface area contributed by atoms with Crippen molar-refractivity contribution in [3.8, 4) is 0 Å². The Kier molecular flexibility index (Phi) is 3.85. The van der Waals surface area contributed by atoms with Crippen LogP contribution in [-0.4, -0.2) is 39.6 Å². The number of carbonyl (C=O) groups excluding carboxylic acids is 1. The van der Waals surface area contributed by atoms with Crippen LogP contribution in [0, 0.1) is 0 Å². The van der Waals surface area contributed by atoms with Crippen LogP contribution < -0.4 is 5.32 Å². The number of aromatic nitrogens is 4. The predicted molar refractivity (Wildman–Crippen MR) is 64.2 cm³/mol. The van der Waals surface area contributed by atoms with E-state index in [1.54, 1.807) is 18.5 Å². The van der Waals surface area contributed by atoms with Crippen molar-refractivity contribution < 1.29 is 9.53 Å². The van der Waals surface area contributed by atoms with Crippen LogP contribution in [0.15, 0.2) is 24.7 Å². The molecule has 0 spiro atoms. The van der Waals surface area contributed by atoms with Gasteiger partial charge in [0.25, 0.3) is 0 Å². The molecular formula is C11H13N5O2. The van der Waals surface area contributed by atoms with Crippen LogP contribution in [0.3, 0.4) is 0 Å². The fourth-order valence-corrected chi connectivity index (χ4v) is 1.39. The number of hydrogen-bond donors (Lipinski definition) is 2. The van der Waals surface area contributed by atoms with Crippen molar-refractivity contribution in [3.05, 3.63) is 36.3 Å². The van der Waals surface area contributed by atoms with Gasteiger partial charge in [-0.25, -0.2) is 19.7 Å². The van der Waals surface area contributed by atoms with Gasteiger partial charge in [-0.3, -0.25) is 0 Å². The molecule has 2 aromatic heterocycles. The second-order valence-electron chi connectivity index (χ2n) is 3.47. The van der Waals surface area contributed by atoms with Gasteiger partial charge in [0.05, 0.1) is 7.11 Å². The zero-order valence-electron chi connectivity index (χ0n) is 9.88. The SMILES string of the molecule is COC(=O)c1nccc(NCCc2ncc[nH]2)n1. The quantitative estimate of drug-likeness (QED) is 0.753. The molecule has 2 heterocycles. The summed E-state index contributed by atoms with van der Waals surface area (Å²) in [6, 6.07) is 1.69. The van der Waals surface area contributed by atoms with Gasteiger partial charge in [0.1, 0.15) is 11.6 Å². The first-order valence-corrected chi connectivity index (χ1v) is 5.43. The lowest BCUT2D eigenvalue weighted by Gasteiger charge is -2.05. The largest absolute Gasteiger partial charge is 0.463 e. The Labute approximate surface area is 104 Å². The molecule has 0 aromatic carbocycles. The molecule has 0 atom stereocenters. The Morgan fingerprint density at radius 1 is 1.44 bits per heavy atom. The first-order valence-electron chi connectivity index (χ1n) is 5.43. The van der Waals surface area contributed by atoms with E-state index in [9.17, 15) is 4.79 Å². The number of nitrogens with one attached hydrogen (secondary N) is 2. The second kappa shape index (κ2) is 5.76. The smallest absolute Gasteiger partial charge is 0.376 e. The lowest BCUT2D eigenvalue weighted by Crippen LogP contribution is -2.11. The van der Waals surface area contributed by atoms with Crippen LogP contribution in [0.25, 0.3) is 0 Å². The van der Waals surface area contributed by atoms with E-state index >= 15 is 0 Å². The number of ether oxygens (including phenoxy) is 1. The first-order chi connectivity index (χ1) is 8.79. The van der Waals surface area contributed by atoms with Gasteiger partial charge in [-0.1, -0.05) is 0 Å². The third-order valence-electron chi connectivity index (χ3n) is 2.25. The van der Waals surface area contributed by atoms with E-state index in [0.717, 1.165) is 12.2 Å². The summed E-state index contributed by atoms with van der Waals surface area (Å²) in [6.07, 6.45) is 5.73. The Balaban J connectivity index is 1.91. The molecule has 2 N–H and O–H groups in total. The van der Waals surface area contributed by atoms with Gasteiger partial charge in [-0.2, -0.15) is 0 Å². The lowest BCUT2D eigenvalue weighted by molar-refractivity contribution is 0.0587. The Morgan fingerprint density at radius 3 is 3.06 bits per heavy atom. The fourth-order valence-electron chi connectivity index (χ4n) is 1.39. The molecule has 0 radical (unpaired) electrons. The maximum atomic E-state index is 11.2. The van der Waals surface area contributed by atoms with E-state index in [1.807, 2.05) is 0 Å². The highest BCUT2D eigenvalue weighted by atomic mass is 16.5. The Hall–Kier alpha value is -2.44. The van der Waals surface area contributed by atoms with Gasteiger partial charge in [0.2, 0.25) is 5.82 Å². The number of H-pyrrole nitrogens is 1. The van der Waals surface area contributed by atoms with Crippen LogP contribution in [-0.2, 0) is 11.2 Å². The molecular weight excluding hydrogens is 234 g/mol. The fraction of sp³-hybridized carbons (Fsp3) is 0.273. The van der Waals surface area contributed by atoms with E-state index in [4.69, 9.17) is 0 Å². The number of aromatic amines is 1. The molecule has 2 rings (SSSR count). The first kappa shape index (κ1) is 12.0. The summed E-state index contributed by atoms with van der Waals surface area (Å²) in [6.45, 7) is 0.658. The number of hydrogen-bond acceptors (Lipinski definition) is 6. The zero-order chi connectivity index (χ0) is 12.8. The van der Waals surface area contributed by atoms with Gasteiger partial charge in [0, 0.05) is 31.6 Å². The summed E-state index contributed by atoms with van der Waals surface area (Å²) in [7, 11) is 1.29. The number of carbonyl (C=O) groups is 1. The Morgan fingerprint density at radius 2 is 2.33 bits per heavy atom. The molecule has 94 valence electrons. The van der Waals surface area contributed by atoms with Gasteiger partial charge < -0.3 is 15.0 Å². The van der Waals surface area contributed by atoms with Crippen molar-refractivity contribution in [2.45, 2.75) is 6.42 Å². The maximum Gasteiger partial charge on any atom is 0.376 e. The van der Waals surface area contributed by atoms with Crippen LogP contribution in [0.5, 0.6) is 0 Å². The van der Waals surface area contributed by atoms with E-state index < -0.39 is 5.97 Å². The second-order valence-corrected chi connectivity index (χ2v) is 3.47. The highest BCUT2D eigenvalue weighted by molar-refractivity contribution is 5.85. The van der Waals surface area contributed by atoms with E-state index in [2.05, 4.69) is 30.0 Å². The third-order valence-corrected chi connectivity index (χ3v) is 2.25. The summed E-state index contributed by atoms with van der Waals surface area (Å²) >= 11 is 0. The van der Waals surface area contributed by atoms with E-state index in [1.165, 1.54) is 13.3 Å². The number of nitrogens with zero attached hydrogens (tertiary/aromatic N) is 3. The molecule has 18 heavy (non-hydrogen) atoms. The van der Waals surface area contributed by atoms with Crippen LogP contribution >= 0.6 is 0 Å². The van der Waals surface area contributed by atoms with Crippen molar-refractivity contribution in [1.82, 2.24) is 19.9 Å². The van der Waals surface area contributed by atoms with Crippen LogP contribution in [0.2, 0.25) is 0 Å². The van der Waals surface area contributed by atoms with E-state index in [0.29, 0.717) is 12.4 Å². The molecule has 0 amide bonds. The minimum absolute atomic E-state index is 0.0421. The van der Waals surface area contributed by atoms with Gasteiger partial charge in [0.15, 0.2) is 0 Å². The molecule has 2 aromatic rings. The van der Waals surface area contributed by atoms with Crippen molar-refractivity contribution in [2.75, 3.05) is 19.0 Å². The predicted octanol–water partition coefficient (Wildman–Crippen LogP) is 0.641. The number of esters is 1. The molecule has 0 saturated heterocycles. The van der Waals surface area contributed by atoms with Crippen molar-refractivity contribution >= 4 is 11.8 Å². The topological polar surface area (TPSA) is 92.8 Å². The minimum atomic E-state index is -0.551. The molecule has 0 saturated carbocycles. The average molecular weight is 247 g/mol. The molecule has 7 nitrogen and oxygen atoms in total. The summed E-state index contributed by atoms with van der Waals surface area (Å²) in [5.74, 6) is 0.965. The lowest BCUT2D eigenvalue weighted by atomic mass is 10.4. The molecule has 0 aliphatic rings. The van der Waals surface area contributed by atoms with Crippen molar-refractivity contribution in [3.63, 3.8) is 0 Å². The number of anilines is 1. The monoisotopic (exact) mass is 247 g/mol. The summed E-state index contributed by atoms with van der Waals surface area (Å²) in [5, 5.41) is 3.08. The summed E-state index contributed by atoms with van der Waals surface area (Å²) in [4.78, 5) is 26.2. The number of rotatable bonds is 5. The van der Waals surface area contributed by atoms with Crippen LogP contribution in [0.1, 0.15) is 16.4 Å². The number of imidazole rings is 1. The summed E-state index contributed by atoms with van der Waals surface area (Å²) < 4.78 is 4.55. The molecule has 0 unspecified atom stereocenters. The van der Waals surface area contributed by atoms with Gasteiger partial charge >= 0.3 is 5.97 Å². The number of methoxy groups -OCH3 is 1. The molecule has 0 fully saturated rings. The third kappa shape index (κ3) is 3.03. The average Bonchev–Trinajstić information content (AvgIpc) is 2.91. The highest BCUT2D eigenvalue weighted by Crippen LogP contribution is 2.03. The molecule has 0 aliphatic carbocycles. The van der Waals surface area contributed by atoms with Gasteiger partial charge in [-0.15, -0.1) is 0 Å². The minimum Gasteiger partial charge on any atom is -0.463 e. The standard InChI is InChI=1S/C11H13N5O2/c1-18-11(17)10-15-5-3-9(16-10)12-4-2-8-13-6-7-14-8/h3,5-7H,2,4H2,1H3,(H,13,14)(H,12,15,16). The Bertz CT molecular complexity index is 512. The molecule has 0 aliphatic heterocycles. The van der Waals surface area contributed by atoms with Gasteiger partial charge in [-0.05, 0) is 6.07 Å². The van der Waals surface area contributed by atoms with Crippen LogP contribution in [0.4, 0.5) is 5.82 Å². The highest BCUT2D eigenvalue weighted by Gasteiger charge is 2.09. The maximum absolute atomic E-state index is 11.2. The summed E-state index contributed by atoms with van der Waals surface area (Å²) in [5.41, 5.74) is 0. The van der Waals surface area contributed by atoms with Crippen molar-refractivity contribution in [1.29, 1.82) is 0 Å².